The van der Waals surface area contributed by atoms with Crippen LogP contribution in [0.2, 0.25) is 0 Å². The summed E-state index contributed by atoms with van der Waals surface area (Å²) in [5, 5.41) is 19.0. The van der Waals surface area contributed by atoms with Crippen molar-refractivity contribution in [3.8, 4) is 0 Å². The number of hydrogen-bond acceptors (Lipinski definition) is 7. The van der Waals surface area contributed by atoms with E-state index in [4.69, 9.17) is 5.14 Å². The minimum atomic E-state index is -3.84. The van der Waals surface area contributed by atoms with E-state index in [2.05, 4.69) is 30.8 Å². The van der Waals surface area contributed by atoms with Crippen LogP contribution in [0.3, 0.4) is 0 Å². The van der Waals surface area contributed by atoms with E-state index in [1.165, 1.54) is 12.1 Å². The summed E-state index contributed by atoms with van der Waals surface area (Å²) in [7, 11) is -3.84. The quantitative estimate of drug-likeness (QED) is 0.333. The molecule has 0 bridgehead atoms. The first-order valence-electron chi connectivity index (χ1n) is 9.31. The molecular weight excluding hydrogens is 457 g/mol. The molecule has 0 amide bonds. The zero-order valence-electron chi connectivity index (χ0n) is 17.2. The number of sulfonamides is 1. The Labute approximate surface area is 190 Å². The number of fused-ring (bicyclic) bond motifs is 1. The monoisotopic (exact) mass is 477 g/mol. The third kappa shape index (κ3) is 4.96. The Kier molecular flexibility index (Phi) is 6.63. The Bertz CT molecular complexity index is 1390. The van der Waals surface area contributed by atoms with Gasteiger partial charge in [0, 0.05) is 17.3 Å². The summed E-state index contributed by atoms with van der Waals surface area (Å²) in [5.74, 6) is 0.465. The van der Waals surface area contributed by atoms with Crippen molar-refractivity contribution in [3.63, 3.8) is 0 Å². The van der Waals surface area contributed by atoms with Crippen LogP contribution in [0, 0.1) is 19.7 Å². The summed E-state index contributed by atoms with van der Waals surface area (Å²) in [6, 6.07) is 9.86. The van der Waals surface area contributed by atoms with E-state index in [1.54, 1.807) is 38.2 Å². The summed E-state index contributed by atoms with van der Waals surface area (Å²) in [4.78, 5) is 8.53. The number of nitrogens with one attached hydrogen (secondary N) is 3. The lowest BCUT2D eigenvalue weighted by Crippen LogP contribution is -2.12. The van der Waals surface area contributed by atoms with Gasteiger partial charge in [0.15, 0.2) is 5.82 Å². The number of aromatic amines is 1. The normalized spacial score (nSPS) is 11.2. The number of H-pyrrole nitrogens is 1. The smallest absolute Gasteiger partial charge is 0.238 e. The Balaban J connectivity index is 0.00000289. The highest BCUT2D eigenvalue weighted by Crippen LogP contribution is 2.23. The lowest BCUT2D eigenvalue weighted by molar-refractivity contribution is 0.597. The van der Waals surface area contributed by atoms with Gasteiger partial charge in [0.05, 0.1) is 17.1 Å². The van der Waals surface area contributed by atoms with Crippen LogP contribution in [-0.4, -0.2) is 28.6 Å². The van der Waals surface area contributed by atoms with Crippen LogP contribution in [-0.2, 0) is 16.6 Å². The molecule has 32 heavy (non-hydrogen) atoms. The standard InChI is InChI=1S/C20H20FN7O2S.ClH/c1-11-7-13(9-14(8-11)31(22,29)30)25-20-23-6-5-17(26-20)24-10-16-15-4-3-12(2)18(21)19(15)28-27-16;/h3-9H,10H2,1-2H3,(H,27,28)(H2,22,29,30)(H2,23,24,25,26);1H. The lowest BCUT2D eigenvalue weighted by atomic mass is 10.1. The van der Waals surface area contributed by atoms with E-state index in [9.17, 15) is 12.8 Å². The molecule has 0 aliphatic carbocycles. The van der Waals surface area contributed by atoms with Crippen LogP contribution >= 0.6 is 12.4 Å². The summed E-state index contributed by atoms with van der Waals surface area (Å²) in [5.41, 5.74) is 2.77. The third-order valence-electron chi connectivity index (χ3n) is 4.68. The van der Waals surface area contributed by atoms with Gasteiger partial charge in [-0.1, -0.05) is 12.1 Å². The van der Waals surface area contributed by atoms with Crippen molar-refractivity contribution in [2.75, 3.05) is 10.6 Å². The van der Waals surface area contributed by atoms with E-state index in [-0.39, 0.29) is 29.1 Å². The molecule has 0 aliphatic rings. The topological polar surface area (TPSA) is 139 Å². The van der Waals surface area contributed by atoms with Crippen molar-refractivity contribution in [2.24, 2.45) is 5.14 Å². The molecule has 0 atom stereocenters. The van der Waals surface area contributed by atoms with Crippen LogP contribution in [0.25, 0.3) is 10.9 Å². The maximum atomic E-state index is 14.2. The largest absolute Gasteiger partial charge is 0.364 e. The van der Waals surface area contributed by atoms with Gasteiger partial charge in [0.1, 0.15) is 11.3 Å². The Morgan fingerprint density at radius 2 is 1.94 bits per heavy atom. The Hall–Kier alpha value is -3.28. The number of benzene rings is 2. The minimum Gasteiger partial charge on any atom is -0.364 e. The number of hydrogen-bond donors (Lipinski definition) is 4. The number of aryl methyl sites for hydroxylation is 2. The first-order valence-corrected chi connectivity index (χ1v) is 10.9. The van der Waals surface area contributed by atoms with Gasteiger partial charge in [-0.3, -0.25) is 5.10 Å². The second-order valence-corrected chi connectivity index (χ2v) is 8.67. The fraction of sp³-hybridized carbons (Fsp3) is 0.150. The second kappa shape index (κ2) is 9.07. The number of aromatic nitrogens is 4. The molecule has 2 aromatic heterocycles. The molecule has 168 valence electrons. The van der Waals surface area contributed by atoms with Gasteiger partial charge in [0.25, 0.3) is 0 Å². The summed E-state index contributed by atoms with van der Waals surface area (Å²) < 4.78 is 37.5. The van der Waals surface area contributed by atoms with Gasteiger partial charge in [-0.25, -0.2) is 22.9 Å². The minimum absolute atomic E-state index is 0. The Morgan fingerprint density at radius 3 is 2.69 bits per heavy atom. The summed E-state index contributed by atoms with van der Waals surface area (Å²) in [6.45, 7) is 3.78. The number of anilines is 3. The molecule has 9 nitrogen and oxygen atoms in total. The highest BCUT2D eigenvalue weighted by Gasteiger charge is 2.12. The van der Waals surface area contributed by atoms with Crippen LogP contribution < -0.4 is 15.8 Å². The fourth-order valence-corrected chi connectivity index (χ4v) is 3.79. The maximum absolute atomic E-state index is 14.2. The van der Waals surface area contributed by atoms with Crippen LogP contribution in [0.5, 0.6) is 0 Å². The Morgan fingerprint density at radius 1 is 1.16 bits per heavy atom. The SMILES string of the molecule is Cc1cc(Nc2nccc(NCc3n[nH]c4c(F)c(C)ccc34)n2)cc(S(N)(=O)=O)c1.Cl. The highest BCUT2D eigenvalue weighted by molar-refractivity contribution is 7.89. The molecule has 0 unspecified atom stereocenters. The van der Waals surface area contributed by atoms with Crippen LogP contribution in [0.15, 0.2) is 47.5 Å². The molecule has 0 radical (unpaired) electrons. The fourth-order valence-electron chi connectivity index (χ4n) is 3.15. The van der Waals surface area contributed by atoms with E-state index in [1.807, 2.05) is 6.07 Å². The van der Waals surface area contributed by atoms with Gasteiger partial charge in [-0.15, -0.1) is 12.4 Å². The average Bonchev–Trinajstić information content (AvgIpc) is 3.12. The predicted octanol–water partition coefficient (Wildman–Crippen LogP) is 3.53. The van der Waals surface area contributed by atoms with Crippen LogP contribution in [0.1, 0.15) is 16.8 Å². The molecule has 0 aliphatic heterocycles. The van der Waals surface area contributed by atoms with Crippen molar-refractivity contribution < 1.29 is 12.8 Å². The second-order valence-electron chi connectivity index (χ2n) is 7.11. The van der Waals surface area contributed by atoms with Crippen molar-refractivity contribution in [2.45, 2.75) is 25.3 Å². The molecule has 2 aromatic carbocycles. The zero-order valence-corrected chi connectivity index (χ0v) is 18.8. The van der Waals surface area contributed by atoms with E-state index >= 15 is 0 Å². The van der Waals surface area contributed by atoms with Gasteiger partial charge in [-0.05, 0) is 49.2 Å². The molecule has 12 heteroatoms. The number of primary sulfonamides is 1. The van der Waals surface area contributed by atoms with Crippen LogP contribution in [0.4, 0.5) is 21.8 Å². The average molecular weight is 478 g/mol. The molecule has 0 saturated carbocycles. The first kappa shape index (κ1) is 23.4. The van der Waals surface area contributed by atoms with E-state index in [0.717, 1.165) is 5.56 Å². The summed E-state index contributed by atoms with van der Waals surface area (Å²) >= 11 is 0. The maximum Gasteiger partial charge on any atom is 0.238 e. The number of nitrogens with zero attached hydrogens (tertiary/aromatic N) is 3. The number of halogens is 2. The molecule has 4 rings (SSSR count). The molecule has 0 fully saturated rings. The molecule has 4 aromatic rings. The lowest BCUT2D eigenvalue weighted by Gasteiger charge is -2.10. The van der Waals surface area contributed by atoms with Gasteiger partial charge < -0.3 is 10.6 Å². The van der Waals surface area contributed by atoms with E-state index in [0.29, 0.717) is 40.2 Å². The summed E-state index contributed by atoms with van der Waals surface area (Å²) in [6.07, 6.45) is 1.56. The zero-order chi connectivity index (χ0) is 22.2. The van der Waals surface area contributed by atoms with E-state index < -0.39 is 10.0 Å². The molecule has 2 heterocycles. The highest BCUT2D eigenvalue weighted by atomic mass is 35.5. The third-order valence-corrected chi connectivity index (χ3v) is 5.57. The molecule has 0 saturated heterocycles. The van der Waals surface area contributed by atoms with Crippen molar-refractivity contribution >= 4 is 50.8 Å². The first-order chi connectivity index (χ1) is 14.7. The van der Waals surface area contributed by atoms with Crippen molar-refractivity contribution in [3.05, 3.63) is 65.2 Å². The van der Waals surface area contributed by atoms with Gasteiger partial charge >= 0.3 is 0 Å². The molecular formula is C20H21ClFN7O2S. The molecule has 5 N–H and O–H groups in total. The van der Waals surface area contributed by atoms with Gasteiger partial charge in [-0.2, -0.15) is 10.1 Å². The van der Waals surface area contributed by atoms with Crippen molar-refractivity contribution in [1.29, 1.82) is 0 Å². The van der Waals surface area contributed by atoms with Crippen molar-refractivity contribution in [1.82, 2.24) is 20.2 Å². The number of rotatable bonds is 6. The predicted molar refractivity (Wildman–Crippen MR) is 123 cm³/mol. The molecule has 0 spiro atoms. The van der Waals surface area contributed by atoms with Gasteiger partial charge in [0.2, 0.25) is 16.0 Å². The number of nitrogens with two attached hydrogens (primary N) is 1.